The minimum absolute atomic E-state index is 0.207. The molecule has 0 amide bonds. The van der Waals surface area contributed by atoms with Gasteiger partial charge in [0.15, 0.2) is 5.82 Å². The quantitative estimate of drug-likeness (QED) is 0.868. The van der Waals surface area contributed by atoms with Crippen molar-refractivity contribution < 1.29 is 9.13 Å². The maximum Gasteiger partial charge on any atom is 0.226 e. The smallest absolute Gasteiger partial charge is 0.226 e. The molecule has 3 rings (SSSR count). The van der Waals surface area contributed by atoms with E-state index in [4.69, 9.17) is 4.74 Å². The highest BCUT2D eigenvalue weighted by molar-refractivity contribution is 5.55. The average Bonchev–Trinajstić information content (AvgIpc) is 2.35. The number of anilines is 1. The Balaban J connectivity index is 1.88. The molecule has 0 bridgehead atoms. The van der Waals surface area contributed by atoms with Gasteiger partial charge in [-0.15, -0.1) is 0 Å². The molecule has 1 N–H and O–H groups in total. The van der Waals surface area contributed by atoms with Gasteiger partial charge in [0.05, 0.1) is 24.8 Å². The van der Waals surface area contributed by atoms with E-state index in [2.05, 4.69) is 25.3 Å². The van der Waals surface area contributed by atoms with E-state index in [0.717, 1.165) is 0 Å². The molecule has 2 aromatic rings. The summed E-state index contributed by atoms with van der Waals surface area (Å²) in [6, 6.07) is 1.48. The van der Waals surface area contributed by atoms with Crippen LogP contribution in [0.4, 0.5) is 10.3 Å². The summed E-state index contributed by atoms with van der Waals surface area (Å²) in [4.78, 5) is 15.9. The van der Waals surface area contributed by atoms with Gasteiger partial charge >= 0.3 is 0 Å². The summed E-state index contributed by atoms with van der Waals surface area (Å²) in [7, 11) is 0. The van der Waals surface area contributed by atoms with Crippen molar-refractivity contribution in [3.05, 3.63) is 30.6 Å². The minimum atomic E-state index is -0.408. The molecule has 6 nitrogen and oxygen atoms in total. The Morgan fingerprint density at radius 2 is 2.22 bits per heavy atom. The van der Waals surface area contributed by atoms with Crippen molar-refractivity contribution in [1.29, 1.82) is 0 Å². The van der Waals surface area contributed by atoms with Crippen LogP contribution in [0.5, 0.6) is 0 Å². The minimum Gasteiger partial charge on any atom is -0.377 e. The third kappa shape index (κ3) is 2.12. The van der Waals surface area contributed by atoms with Crippen molar-refractivity contribution in [2.75, 3.05) is 18.5 Å². The van der Waals surface area contributed by atoms with Crippen LogP contribution in [0.15, 0.2) is 24.8 Å². The average molecular weight is 247 g/mol. The largest absolute Gasteiger partial charge is 0.377 e. The number of rotatable bonds is 3. The topological polar surface area (TPSA) is 72.8 Å². The molecule has 0 atom stereocenters. The fraction of sp³-hybridized carbons (Fsp3) is 0.273. The third-order valence-corrected chi connectivity index (χ3v) is 2.55. The predicted molar refractivity (Wildman–Crippen MR) is 61.2 cm³/mol. The third-order valence-electron chi connectivity index (χ3n) is 2.55. The van der Waals surface area contributed by atoms with Crippen LogP contribution in [0.3, 0.4) is 0 Å². The van der Waals surface area contributed by atoms with E-state index in [1.54, 1.807) is 0 Å². The molecule has 18 heavy (non-hydrogen) atoms. The second-order valence-corrected chi connectivity index (χ2v) is 3.87. The van der Waals surface area contributed by atoms with Crippen molar-refractivity contribution in [1.82, 2.24) is 19.9 Å². The predicted octanol–water partition coefficient (Wildman–Crippen LogP) is 0.883. The lowest BCUT2D eigenvalue weighted by Crippen LogP contribution is -2.40. The van der Waals surface area contributed by atoms with Crippen LogP contribution in [0, 0.1) is 5.82 Å². The normalized spacial score (nSPS) is 15.2. The zero-order valence-electron chi connectivity index (χ0n) is 9.38. The number of ether oxygens (including phenoxy) is 1. The van der Waals surface area contributed by atoms with Crippen LogP contribution in [-0.2, 0) is 4.74 Å². The number of hydrogen-bond donors (Lipinski definition) is 1. The molecule has 92 valence electrons. The van der Waals surface area contributed by atoms with Crippen LogP contribution in [0.25, 0.3) is 11.4 Å². The standard InChI is InChI=1S/C11H10FN5O/c12-9-1-2-13-3-8(9)10-14-6-15-11(17-10)16-7-4-18-5-7/h1-3,6-7H,4-5H2,(H,14,15,16,17). The SMILES string of the molecule is Fc1ccncc1-c1ncnc(NC2COC2)n1. The number of aromatic nitrogens is 4. The fourth-order valence-electron chi connectivity index (χ4n) is 1.54. The Morgan fingerprint density at radius 1 is 1.33 bits per heavy atom. The molecule has 0 unspecified atom stereocenters. The molecule has 2 aromatic heterocycles. The van der Waals surface area contributed by atoms with Crippen LogP contribution in [-0.4, -0.2) is 39.2 Å². The molecule has 1 aliphatic rings. The second kappa shape index (κ2) is 4.61. The van der Waals surface area contributed by atoms with Crippen molar-refractivity contribution in [3.63, 3.8) is 0 Å². The van der Waals surface area contributed by atoms with Crippen LogP contribution < -0.4 is 5.32 Å². The zero-order valence-corrected chi connectivity index (χ0v) is 9.38. The Bertz CT molecular complexity index is 561. The molecule has 1 saturated heterocycles. The molecule has 0 spiro atoms. The molecule has 0 radical (unpaired) electrons. The number of nitrogens with one attached hydrogen (secondary N) is 1. The first kappa shape index (κ1) is 11.0. The van der Waals surface area contributed by atoms with Gasteiger partial charge in [-0.05, 0) is 6.07 Å². The van der Waals surface area contributed by atoms with Gasteiger partial charge < -0.3 is 10.1 Å². The molecule has 1 aliphatic heterocycles. The van der Waals surface area contributed by atoms with Crippen LogP contribution in [0.2, 0.25) is 0 Å². The number of halogens is 1. The second-order valence-electron chi connectivity index (χ2n) is 3.87. The van der Waals surface area contributed by atoms with E-state index < -0.39 is 5.82 Å². The van der Waals surface area contributed by atoms with E-state index in [9.17, 15) is 4.39 Å². The lowest BCUT2D eigenvalue weighted by atomic mass is 10.2. The summed E-state index contributed by atoms with van der Waals surface area (Å²) in [6.45, 7) is 1.25. The van der Waals surface area contributed by atoms with E-state index in [-0.39, 0.29) is 17.4 Å². The first-order chi connectivity index (χ1) is 8.83. The molecule has 0 aliphatic carbocycles. The first-order valence-electron chi connectivity index (χ1n) is 5.46. The van der Waals surface area contributed by atoms with E-state index >= 15 is 0 Å². The number of hydrogen-bond acceptors (Lipinski definition) is 6. The molecular formula is C11H10FN5O. The van der Waals surface area contributed by atoms with Gasteiger partial charge in [-0.2, -0.15) is 4.98 Å². The summed E-state index contributed by atoms with van der Waals surface area (Å²) >= 11 is 0. The Morgan fingerprint density at radius 3 is 2.94 bits per heavy atom. The van der Waals surface area contributed by atoms with Crippen molar-refractivity contribution >= 4 is 5.95 Å². The maximum absolute atomic E-state index is 13.6. The highest BCUT2D eigenvalue weighted by Gasteiger charge is 2.19. The Kier molecular flexibility index (Phi) is 2.81. The monoisotopic (exact) mass is 247 g/mol. The molecule has 3 heterocycles. The number of nitrogens with zero attached hydrogens (tertiary/aromatic N) is 4. The van der Waals surface area contributed by atoms with Gasteiger partial charge in [0, 0.05) is 12.4 Å². The summed E-state index contributed by atoms with van der Waals surface area (Å²) in [5, 5.41) is 3.08. The summed E-state index contributed by atoms with van der Waals surface area (Å²) in [5.41, 5.74) is 0.257. The molecule has 0 aromatic carbocycles. The highest BCUT2D eigenvalue weighted by Crippen LogP contribution is 2.18. The van der Waals surface area contributed by atoms with E-state index in [0.29, 0.717) is 19.2 Å². The molecular weight excluding hydrogens is 237 g/mol. The van der Waals surface area contributed by atoms with Gasteiger partial charge in [0.2, 0.25) is 5.95 Å². The van der Waals surface area contributed by atoms with E-state index in [1.165, 1.54) is 24.8 Å². The summed E-state index contributed by atoms with van der Waals surface area (Å²) in [5.74, 6) is 0.268. The van der Waals surface area contributed by atoms with Gasteiger partial charge in [-0.1, -0.05) is 0 Å². The van der Waals surface area contributed by atoms with Crippen LogP contribution >= 0.6 is 0 Å². The molecule has 0 saturated carbocycles. The molecule has 7 heteroatoms. The Hall–Kier alpha value is -2.15. The molecule has 1 fully saturated rings. The van der Waals surface area contributed by atoms with Crippen LogP contribution in [0.1, 0.15) is 0 Å². The van der Waals surface area contributed by atoms with Crippen molar-refractivity contribution in [2.45, 2.75) is 6.04 Å². The maximum atomic E-state index is 13.6. The van der Waals surface area contributed by atoms with Gasteiger partial charge in [0.25, 0.3) is 0 Å². The summed E-state index contributed by atoms with van der Waals surface area (Å²) in [6.07, 6.45) is 4.11. The van der Waals surface area contributed by atoms with Crippen molar-refractivity contribution in [3.8, 4) is 11.4 Å². The Labute approximate surface area is 102 Å². The lowest BCUT2D eigenvalue weighted by molar-refractivity contribution is 0.0208. The van der Waals surface area contributed by atoms with E-state index in [1.807, 2.05) is 0 Å². The lowest BCUT2D eigenvalue weighted by Gasteiger charge is -2.26. The highest BCUT2D eigenvalue weighted by atomic mass is 19.1. The number of pyridine rings is 1. The van der Waals surface area contributed by atoms with Gasteiger partial charge in [-0.25, -0.2) is 14.4 Å². The zero-order chi connectivity index (χ0) is 12.4. The first-order valence-corrected chi connectivity index (χ1v) is 5.46. The van der Waals surface area contributed by atoms with Crippen molar-refractivity contribution in [2.24, 2.45) is 0 Å². The summed E-state index contributed by atoms with van der Waals surface area (Å²) < 4.78 is 18.6. The fourth-order valence-corrected chi connectivity index (χ4v) is 1.54. The van der Waals surface area contributed by atoms with Gasteiger partial charge in [-0.3, -0.25) is 4.98 Å². The van der Waals surface area contributed by atoms with Gasteiger partial charge in [0.1, 0.15) is 12.1 Å².